The Morgan fingerprint density at radius 3 is 2.73 bits per heavy atom. The minimum atomic E-state index is 0.295. The Hall–Kier alpha value is -1.53. The Bertz CT molecular complexity index is 352. The molecule has 1 heterocycles. The van der Waals surface area contributed by atoms with Crippen LogP contribution in [-0.4, -0.2) is 27.7 Å². The Balaban J connectivity index is 2.84. The predicted molar refractivity (Wildman–Crippen MR) is 62.0 cm³/mol. The third-order valence-corrected chi connectivity index (χ3v) is 1.84. The van der Waals surface area contributed by atoms with Gasteiger partial charge in [0.25, 0.3) is 0 Å². The first kappa shape index (κ1) is 11.5. The lowest BCUT2D eigenvalue weighted by atomic mass is 10.2. The Labute approximate surface area is 93.2 Å². The molecule has 0 aromatic carbocycles. The molecule has 15 heavy (non-hydrogen) atoms. The van der Waals surface area contributed by atoms with E-state index in [0.717, 1.165) is 0 Å². The van der Waals surface area contributed by atoms with E-state index >= 15 is 0 Å². The normalized spacial score (nSPS) is 10.9. The quantitative estimate of drug-likeness (QED) is 0.298. The van der Waals surface area contributed by atoms with E-state index in [-0.39, 0.29) is 0 Å². The molecule has 6 heteroatoms. The maximum Gasteiger partial charge on any atom is 0.194 e. The van der Waals surface area contributed by atoms with Gasteiger partial charge in [-0.05, 0) is 31.3 Å². The standard InChI is InChI=1S/C9H12N4OS/c1-2-11-9(15)12-8(13-14)7-3-5-10-6-4-7/h3-6,14H,2H2,1H3,(H2,11,12,13,15). The summed E-state index contributed by atoms with van der Waals surface area (Å²) in [6.07, 6.45) is 3.22. The number of aromatic nitrogens is 1. The number of nitrogens with zero attached hydrogens (tertiary/aromatic N) is 2. The van der Waals surface area contributed by atoms with E-state index in [1.165, 1.54) is 0 Å². The van der Waals surface area contributed by atoms with Crippen molar-refractivity contribution in [2.75, 3.05) is 6.54 Å². The first-order chi connectivity index (χ1) is 7.27. The molecular weight excluding hydrogens is 212 g/mol. The molecule has 3 N–H and O–H groups in total. The van der Waals surface area contributed by atoms with Gasteiger partial charge in [-0.25, -0.2) is 4.99 Å². The van der Waals surface area contributed by atoms with Crippen LogP contribution in [0.4, 0.5) is 0 Å². The Morgan fingerprint density at radius 2 is 2.20 bits per heavy atom. The second-order valence-corrected chi connectivity index (χ2v) is 3.03. The van der Waals surface area contributed by atoms with Crippen molar-refractivity contribution in [1.82, 2.24) is 15.8 Å². The molecule has 1 rings (SSSR count). The number of nitrogens with one attached hydrogen (secondary N) is 2. The third-order valence-electron chi connectivity index (χ3n) is 1.60. The summed E-state index contributed by atoms with van der Waals surface area (Å²) in [5.41, 5.74) is 2.72. The van der Waals surface area contributed by atoms with Gasteiger partial charge in [0.05, 0.1) is 0 Å². The fraction of sp³-hybridized carbons (Fsp3) is 0.222. The number of hydrogen-bond donors (Lipinski definition) is 3. The number of thiocarbonyl (C=S) groups is 1. The van der Waals surface area contributed by atoms with E-state index in [1.807, 2.05) is 12.4 Å². The first-order valence-electron chi connectivity index (χ1n) is 4.45. The minimum absolute atomic E-state index is 0.295. The van der Waals surface area contributed by atoms with Crippen LogP contribution in [0.2, 0.25) is 0 Å². The molecule has 0 fully saturated rings. The van der Waals surface area contributed by atoms with Crippen LogP contribution in [0.25, 0.3) is 0 Å². The Morgan fingerprint density at radius 1 is 1.53 bits per heavy atom. The van der Waals surface area contributed by atoms with Gasteiger partial charge in [0.1, 0.15) is 0 Å². The monoisotopic (exact) mass is 224 g/mol. The van der Waals surface area contributed by atoms with Crippen LogP contribution in [0.3, 0.4) is 0 Å². The highest BCUT2D eigenvalue weighted by atomic mass is 32.1. The van der Waals surface area contributed by atoms with Crippen LogP contribution in [-0.2, 0) is 0 Å². The highest BCUT2D eigenvalue weighted by Gasteiger charge is 2.02. The maximum absolute atomic E-state index is 8.91. The fourth-order valence-electron chi connectivity index (χ4n) is 0.956. The highest BCUT2D eigenvalue weighted by molar-refractivity contribution is 7.80. The molecule has 0 atom stereocenters. The number of rotatable bonds is 2. The van der Waals surface area contributed by atoms with Crippen molar-refractivity contribution < 1.29 is 5.21 Å². The number of pyridine rings is 1. The van der Waals surface area contributed by atoms with Crippen molar-refractivity contribution in [3.05, 3.63) is 30.1 Å². The molecule has 5 nitrogen and oxygen atoms in total. The highest BCUT2D eigenvalue weighted by Crippen LogP contribution is 1.97. The molecule has 0 aliphatic carbocycles. The van der Waals surface area contributed by atoms with Crippen LogP contribution in [0, 0.1) is 0 Å². The molecule has 0 aliphatic rings. The van der Waals surface area contributed by atoms with E-state index in [0.29, 0.717) is 23.1 Å². The number of hydroxylamine groups is 1. The van der Waals surface area contributed by atoms with Crippen LogP contribution in [0.15, 0.2) is 29.5 Å². The third kappa shape index (κ3) is 3.61. The molecule has 1 aromatic heterocycles. The molecule has 0 bridgehead atoms. The summed E-state index contributed by atoms with van der Waals surface area (Å²) in [6, 6.07) is 3.44. The summed E-state index contributed by atoms with van der Waals surface area (Å²) >= 11 is 4.93. The minimum Gasteiger partial charge on any atom is -0.361 e. The van der Waals surface area contributed by atoms with Crippen LogP contribution in [0.1, 0.15) is 12.5 Å². The second kappa shape index (κ2) is 6.05. The average Bonchev–Trinajstić information content (AvgIpc) is 2.27. The first-order valence-corrected chi connectivity index (χ1v) is 4.85. The van der Waals surface area contributed by atoms with E-state index < -0.39 is 0 Å². The van der Waals surface area contributed by atoms with Crippen LogP contribution in [0.5, 0.6) is 0 Å². The largest absolute Gasteiger partial charge is 0.361 e. The smallest absolute Gasteiger partial charge is 0.194 e. The lowest BCUT2D eigenvalue weighted by Crippen LogP contribution is -2.26. The number of amidine groups is 1. The van der Waals surface area contributed by atoms with Crippen LogP contribution < -0.4 is 10.8 Å². The van der Waals surface area contributed by atoms with Crippen molar-refractivity contribution in [3.8, 4) is 0 Å². The maximum atomic E-state index is 8.91. The lowest BCUT2D eigenvalue weighted by Gasteiger charge is -2.05. The van der Waals surface area contributed by atoms with Crippen molar-refractivity contribution in [2.24, 2.45) is 4.99 Å². The average molecular weight is 224 g/mol. The topological polar surface area (TPSA) is 69.5 Å². The molecule has 0 amide bonds. The number of aliphatic imine (C=N–C) groups is 1. The summed E-state index contributed by atoms with van der Waals surface area (Å²) in [6.45, 7) is 2.61. The number of hydrogen-bond acceptors (Lipinski definition) is 3. The summed E-state index contributed by atoms with van der Waals surface area (Å²) in [5.74, 6) is 0.295. The molecule has 0 aliphatic heterocycles. The molecule has 0 saturated carbocycles. The van der Waals surface area contributed by atoms with Gasteiger partial charge in [-0.15, -0.1) is 0 Å². The zero-order chi connectivity index (χ0) is 11.1. The summed E-state index contributed by atoms with van der Waals surface area (Å²) in [5, 5.41) is 12.1. The van der Waals surface area contributed by atoms with E-state index in [4.69, 9.17) is 17.4 Å². The zero-order valence-corrected chi connectivity index (χ0v) is 9.08. The van der Waals surface area contributed by atoms with Gasteiger partial charge in [-0.2, -0.15) is 0 Å². The molecule has 0 unspecified atom stereocenters. The zero-order valence-electron chi connectivity index (χ0n) is 8.27. The van der Waals surface area contributed by atoms with E-state index in [2.05, 4.69) is 15.3 Å². The Kier molecular flexibility index (Phi) is 4.65. The van der Waals surface area contributed by atoms with E-state index in [9.17, 15) is 0 Å². The van der Waals surface area contributed by atoms with Crippen LogP contribution >= 0.6 is 12.2 Å². The van der Waals surface area contributed by atoms with Gasteiger partial charge >= 0.3 is 0 Å². The van der Waals surface area contributed by atoms with Gasteiger partial charge in [-0.3, -0.25) is 15.7 Å². The summed E-state index contributed by atoms with van der Waals surface area (Å²) in [7, 11) is 0. The molecule has 0 spiro atoms. The lowest BCUT2D eigenvalue weighted by molar-refractivity contribution is 0.235. The van der Waals surface area contributed by atoms with Crippen molar-refractivity contribution in [3.63, 3.8) is 0 Å². The van der Waals surface area contributed by atoms with Crippen molar-refractivity contribution in [2.45, 2.75) is 6.92 Å². The SMILES string of the molecule is CCNC(=S)/N=C(\NO)c1ccncc1. The molecule has 80 valence electrons. The van der Waals surface area contributed by atoms with Crippen molar-refractivity contribution in [1.29, 1.82) is 0 Å². The fourth-order valence-corrected chi connectivity index (χ4v) is 1.19. The van der Waals surface area contributed by atoms with Gasteiger partial charge in [0.15, 0.2) is 10.9 Å². The molecule has 0 radical (unpaired) electrons. The molecular formula is C9H12N4OS. The molecule has 0 saturated heterocycles. The van der Waals surface area contributed by atoms with E-state index in [1.54, 1.807) is 24.5 Å². The summed E-state index contributed by atoms with van der Waals surface area (Å²) < 4.78 is 0. The van der Waals surface area contributed by atoms with Gasteiger partial charge in [0, 0.05) is 24.5 Å². The second-order valence-electron chi connectivity index (χ2n) is 2.64. The summed E-state index contributed by atoms with van der Waals surface area (Å²) in [4.78, 5) is 7.87. The van der Waals surface area contributed by atoms with Gasteiger partial charge in [-0.1, -0.05) is 0 Å². The van der Waals surface area contributed by atoms with Gasteiger partial charge in [0.2, 0.25) is 0 Å². The van der Waals surface area contributed by atoms with Crippen molar-refractivity contribution >= 4 is 23.2 Å². The van der Waals surface area contributed by atoms with Gasteiger partial charge < -0.3 is 5.32 Å². The predicted octanol–water partition coefficient (Wildman–Crippen LogP) is 0.701. The molecule has 1 aromatic rings.